The van der Waals surface area contributed by atoms with Crippen molar-refractivity contribution in [1.82, 2.24) is 0 Å². The Morgan fingerprint density at radius 2 is 2.00 bits per heavy atom. The molecular weight excluding hydrogens is 148 g/mol. The Hall–Kier alpha value is -0.0400. The minimum Gasteiger partial charge on any atom is -0.390 e. The maximum atomic E-state index is 9.56. The van der Waals surface area contributed by atoms with Crippen LogP contribution in [0, 0.1) is 11.8 Å². The van der Waals surface area contributed by atoms with Crippen molar-refractivity contribution in [2.45, 2.75) is 58.5 Å². The lowest BCUT2D eigenvalue weighted by Crippen LogP contribution is -2.20. The first-order valence-corrected chi connectivity index (χ1v) is 5.21. The maximum absolute atomic E-state index is 9.56. The summed E-state index contributed by atoms with van der Waals surface area (Å²) in [5.74, 6) is 1.78. The molecule has 0 heterocycles. The van der Waals surface area contributed by atoms with E-state index in [1.54, 1.807) is 0 Å². The van der Waals surface area contributed by atoms with E-state index in [4.69, 9.17) is 0 Å². The van der Waals surface area contributed by atoms with Crippen molar-refractivity contribution in [2.24, 2.45) is 11.8 Å². The lowest BCUT2D eigenvalue weighted by molar-refractivity contribution is 0.0618. The zero-order chi connectivity index (χ0) is 9.19. The fourth-order valence-corrected chi connectivity index (χ4v) is 2.19. The molecule has 0 aromatic heterocycles. The van der Waals surface area contributed by atoms with Crippen molar-refractivity contribution in [2.75, 3.05) is 0 Å². The molecule has 1 aliphatic rings. The van der Waals surface area contributed by atoms with Crippen LogP contribution in [0.4, 0.5) is 0 Å². The van der Waals surface area contributed by atoms with Gasteiger partial charge in [0, 0.05) is 0 Å². The number of hydrogen-bond donors (Lipinski definition) is 1. The molecule has 0 spiro atoms. The van der Waals surface area contributed by atoms with Gasteiger partial charge in [0.1, 0.15) is 0 Å². The second-order valence-corrected chi connectivity index (χ2v) is 5.02. The Labute approximate surface area is 76.2 Å². The van der Waals surface area contributed by atoms with E-state index in [1.807, 2.05) is 13.8 Å². The summed E-state index contributed by atoms with van der Waals surface area (Å²) >= 11 is 0. The van der Waals surface area contributed by atoms with Crippen LogP contribution in [-0.2, 0) is 0 Å². The largest absolute Gasteiger partial charge is 0.390 e. The highest BCUT2D eigenvalue weighted by atomic mass is 16.3. The minimum atomic E-state index is -0.456. The first-order chi connectivity index (χ1) is 5.49. The van der Waals surface area contributed by atoms with Crippen LogP contribution in [0.2, 0.25) is 0 Å². The summed E-state index contributed by atoms with van der Waals surface area (Å²) in [6.45, 7) is 6.17. The normalized spacial score (nSPS) is 31.0. The smallest absolute Gasteiger partial charge is 0.0591 e. The van der Waals surface area contributed by atoms with E-state index in [0.717, 1.165) is 18.3 Å². The zero-order valence-corrected chi connectivity index (χ0v) is 8.64. The van der Waals surface area contributed by atoms with E-state index in [1.165, 1.54) is 25.7 Å². The summed E-state index contributed by atoms with van der Waals surface area (Å²) in [6, 6.07) is 0. The highest BCUT2D eigenvalue weighted by molar-refractivity contribution is 4.77. The molecule has 1 saturated carbocycles. The maximum Gasteiger partial charge on any atom is 0.0591 e. The Morgan fingerprint density at radius 1 is 1.33 bits per heavy atom. The van der Waals surface area contributed by atoms with Crippen molar-refractivity contribution in [3.8, 4) is 0 Å². The Bertz CT molecular complexity index is 134. The van der Waals surface area contributed by atoms with Crippen LogP contribution in [-0.4, -0.2) is 10.7 Å². The van der Waals surface area contributed by atoms with Gasteiger partial charge in [-0.2, -0.15) is 0 Å². The second-order valence-electron chi connectivity index (χ2n) is 5.02. The topological polar surface area (TPSA) is 20.2 Å². The first kappa shape index (κ1) is 10.0. The van der Waals surface area contributed by atoms with Crippen LogP contribution < -0.4 is 0 Å². The van der Waals surface area contributed by atoms with Crippen LogP contribution in [0.25, 0.3) is 0 Å². The number of aliphatic hydroxyl groups is 1. The van der Waals surface area contributed by atoms with Gasteiger partial charge in [0.05, 0.1) is 5.60 Å². The van der Waals surface area contributed by atoms with Gasteiger partial charge in [-0.25, -0.2) is 0 Å². The molecule has 72 valence electrons. The summed E-state index contributed by atoms with van der Waals surface area (Å²) in [4.78, 5) is 0. The first-order valence-electron chi connectivity index (χ1n) is 5.21. The van der Waals surface area contributed by atoms with Crippen LogP contribution >= 0.6 is 0 Å². The molecule has 1 nitrogen and oxygen atoms in total. The standard InChI is InChI=1S/C11H22O/c1-9-5-4-6-10(9)7-8-11(2,3)12/h9-10,12H,4-8H2,1-3H3/t9-,10-/m0/s1. The lowest BCUT2D eigenvalue weighted by atomic mass is 9.89. The second kappa shape index (κ2) is 3.78. The van der Waals surface area contributed by atoms with Crippen molar-refractivity contribution < 1.29 is 5.11 Å². The minimum absolute atomic E-state index is 0.456. The summed E-state index contributed by atoms with van der Waals surface area (Å²) in [5, 5.41) is 9.56. The molecular formula is C11H22O. The molecule has 0 bridgehead atoms. The predicted molar refractivity (Wildman–Crippen MR) is 52.0 cm³/mol. The van der Waals surface area contributed by atoms with Gasteiger partial charge in [0.2, 0.25) is 0 Å². The molecule has 2 atom stereocenters. The van der Waals surface area contributed by atoms with Gasteiger partial charge in [-0.15, -0.1) is 0 Å². The fourth-order valence-electron chi connectivity index (χ4n) is 2.19. The molecule has 1 N–H and O–H groups in total. The third kappa shape index (κ3) is 3.14. The predicted octanol–water partition coefficient (Wildman–Crippen LogP) is 2.97. The lowest BCUT2D eigenvalue weighted by Gasteiger charge is -2.21. The molecule has 0 amide bonds. The van der Waals surface area contributed by atoms with E-state index in [0.29, 0.717) is 0 Å². The molecule has 0 radical (unpaired) electrons. The third-order valence-electron chi connectivity index (χ3n) is 3.17. The molecule has 1 heteroatoms. The Kier molecular flexibility index (Phi) is 3.16. The number of rotatable bonds is 3. The molecule has 1 fully saturated rings. The quantitative estimate of drug-likeness (QED) is 0.690. The zero-order valence-electron chi connectivity index (χ0n) is 8.64. The van der Waals surface area contributed by atoms with Gasteiger partial charge >= 0.3 is 0 Å². The van der Waals surface area contributed by atoms with Gasteiger partial charge in [0.25, 0.3) is 0 Å². The highest BCUT2D eigenvalue weighted by Crippen LogP contribution is 2.35. The molecule has 0 unspecified atom stereocenters. The average molecular weight is 170 g/mol. The van der Waals surface area contributed by atoms with E-state index >= 15 is 0 Å². The van der Waals surface area contributed by atoms with Gasteiger partial charge in [-0.3, -0.25) is 0 Å². The van der Waals surface area contributed by atoms with Crippen molar-refractivity contribution >= 4 is 0 Å². The average Bonchev–Trinajstić information content (AvgIpc) is 2.29. The monoisotopic (exact) mass is 170 g/mol. The SMILES string of the molecule is C[C@H]1CCC[C@H]1CCC(C)(C)O. The molecule has 0 saturated heterocycles. The van der Waals surface area contributed by atoms with Gasteiger partial charge in [-0.1, -0.05) is 26.2 Å². The van der Waals surface area contributed by atoms with E-state index < -0.39 is 5.60 Å². The van der Waals surface area contributed by atoms with Crippen LogP contribution in [0.15, 0.2) is 0 Å². The Balaban J connectivity index is 2.23. The Morgan fingerprint density at radius 3 is 2.42 bits per heavy atom. The number of hydrogen-bond acceptors (Lipinski definition) is 1. The van der Waals surface area contributed by atoms with Crippen molar-refractivity contribution in [3.05, 3.63) is 0 Å². The third-order valence-corrected chi connectivity index (χ3v) is 3.17. The molecule has 0 aromatic rings. The highest BCUT2D eigenvalue weighted by Gasteiger charge is 2.25. The van der Waals surface area contributed by atoms with Crippen LogP contribution in [0.5, 0.6) is 0 Å². The molecule has 0 aromatic carbocycles. The van der Waals surface area contributed by atoms with Gasteiger partial charge < -0.3 is 5.11 Å². The summed E-state index contributed by atoms with van der Waals surface area (Å²) in [5.41, 5.74) is -0.456. The van der Waals surface area contributed by atoms with E-state index in [9.17, 15) is 5.11 Å². The summed E-state index contributed by atoms with van der Waals surface area (Å²) in [7, 11) is 0. The summed E-state index contributed by atoms with van der Waals surface area (Å²) < 4.78 is 0. The van der Waals surface area contributed by atoms with Crippen molar-refractivity contribution in [1.29, 1.82) is 0 Å². The molecule has 12 heavy (non-hydrogen) atoms. The van der Waals surface area contributed by atoms with Gasteiger partial charge in [-0.05, 0) is 38.5 Å². The van der Waals surface area contributed by atoms with Crippen LogP contribution in [0.3, 0.4) is 0 Å². The van der Waals surface area contributed by atoms with Crippen LogP contribution in [0.1, 0.15) is 52.9 Å². The molecule has 0 aliphatic heterocycles. The fraction of sp³-hybridized carbons (Fsp3) is 1.00. The summed E-state index contributed by atoms with van der Waals surface area (Å²) in [6.07, 6.45) is 6.36. The van der Waals surface area contributed by atoms with Gasteiger partial charge in [0.15, 0.2) is 0 Å². The van der Waals surface area contributed by atoms with E-state index in [-0.39, 0.29) is 0 Å². The van der Waals surface area contributed by atoms with Crippen molar-refractivity contribution in [3.63, 3.8) is 0 Å². The molecule has 1 rings (SSSR count). The van der Waals surface area contributed by atoms with E-state index in [2.05, 4.69) is 6.92 Å². The molecule has 1 aliphatic carbocycles.